The molecule has 0 spiro atoms. The molecule has 1 aromatic rings. The molecule has 0 saturated heterocycles. The zero-order valence-corrected chi connectivity index (χ0v) is 9.16. The van der Waals surface area contributed by atoms with E-state index in [1.807, 2.05) is 6.07 Å². The number of rotatable bonds is 5. The number of carboxylic acid groups (broad SMARTS) is 1. The molecule has 0 aromatic carbocycles. The average Bonchev–Trinajstić information content (AvgIpc) is 2.25. The minimum atomic E-state index is -0.833. The Balaban J connectivity index is 2.49. The fraction of sp³-hybridized carbons (Fsp3) is 0.300. The second-order valence-corrected chi connectivity index (χ2v) is 3.50. The molecule has 0 atom stereocenters. The highest BCUT2D eigenvalue weighted by Crippen LogP contribution is 2.19. The van der Waals surface area contributed by atoms with Crippen LogP contribution in [0.3, 0.4) is 0 Å². The van der Waals surface area contributed by atoms with Gasteiger partial charge in [0.25, 0.3) is 0 Å². The van der Waals surface area contributed by atoms with Crippen LogP contribution in [0, 0.1) is 11.3 Å². The Labute approximate surface area is 97.7 Å². The van der Waals surface area contributed by atoms with Crippen molar-refractivity contribution in [2.24, 2.45) is 0 Å². The Bertz CT molecular complexity index is 429. The van der Waals surface area contributed by atoms with E-state index in [1.54, 1.807) is 0 Å². The van der Waals surface area contributed by atoms with Crippen LogP contribution >= 0.6 is 11.6 Å². The highest BCUT2D eigenvalue weighted by Gasteiger charge is 2.03. The maximum Gasteiger partial charge on any atom is 0.303 e. The highest BCUT2D eigenvalue weighted by atomic mass is 35.5. The van der Waals surface area contributed by atoms with Crippen LogP contribution in [0.1, 0.15) is 18.4 Å². The van der Waals surface area contributed by atoms with Crippen LogP contribution in [0.2, 0.25) is 5.02 Å². The maximum atomic E-state index is 10.3. The zero-order chi connectivity index (χ0) is 12.0. The van der Waals surface area contributed by atoms with Gasteiger partial charge >= 0.3 is 5.97 Å². The smallest absolute Gasteiger partial charge is 0.303 e. The first-order valence-corrected chi connectivity index (χ1v) is 5.02. The van der Waals surface area contributed by atoms with Crippen molar-refractivity contribution in [2.75, 3.05) is 11.9 Å². The van der Waals surface area contributed by atoms with Gasteiger partial charge in [-0.3, -0.25) is 4.79 Å². The first-order chi connectivity index (χ1) is 7.63. The van der Waals surface area contributed by atoms with E-state index >= 15 is 0 Å². The molecule has 0 unspecified atom stereocenters. The summed E-state index contributed by atoms with van der Waals surface area (Å²) < 4.78 is 0. The topological polar surface area (TPSA) is 86.0 Å². The van der Waals surface area contributed by atoms with Crippen molar-refractivity contribution in [1.82, 2.24) is 4.98 Å². The minimum Gasteiger partial charge on any atom is -0.481 e. The van der Waals surface area contributed by atoms with Crippen LogP contribution in [0.5, 0.6) is 0 Å². The number of aromatic nitrogens is 1. The lowest BCUT2D eigenvalue weighted by atomic mass is 10.3. The van der Waals surface area contributed by atoms with E-state index < -0.39 is 5.97 Å². The van der Waals surface area contributed by atoms with Crippen molar-refractivity contribution >= 4 is 23.4 Å². The van der Waals surface area contributed by atoms with Crippen molar-refractivity contribution in [3.8, 4) is 6.07 Å². The van der Waals surface area contributed by atoms with Crippen LogP contribution in [0.25, 0.3) is 0 Å². The van der Waals surface area contributed by atoms with E-state index in [0.29, 0.717) is 29.4 Å². The number of aliphatic carboxylic acids is 1. The number of nitrogens with zero attached hydrogens (tertiary/aromatic N) is 2. The van der Waals surface area contributed by atoms with Crippen molar-refractivity contribution < 1.29 is 9.90 Å². The first kappa shape index (κ1) is 12.3. The predicted molar refractivity (Wildman–Crippen MR) is 59.3 cm³/mol. The fourth-order valence-electron chi connectivity index (χ4n) is 1.08. The number of hydrogen-bond donors (Lipinski definition) is 2. The molecule has 6 heteroatoms. The van der Waals surface area contributed by atoms with E-state index in [9.17, 15) is 4.79 Å². The highest BCUT2D eigenvalue weighted by molar-refractivity contribution is 6.33. The first-order valence-electron chi connectivity index (χ1n) is 4.65. The molecular formula is C10H10ClN3O2. The molecule has 0 bridgehead atoms. The zero-order valence-electron chi connectivity index (χ0n) is 8.40. The maximum absolute atomic E-state index is 10.3. The summed E-state index contributed by atoms with van der Waals surface area (Å²) in [5.74, 6) is -0.369. The van der Waals surface area contributed by atoms with Gasteiger partial charge in [-0.1, -0.05) is 11.6 Å². The van der Waals surface area contributed by atoms with E-state index in [-0.39, 0.29) is 6.42 Å². The summed E-state index contributed by atoms with van der Waals surface area (Å²) >= 11 is 5.86. The van der Waals surface area contributed by atoms with Crippen molar-refractivity contribution in [2.45, 2.75) is 12.8 Å². The molecule has 0 aliphatic rings. The summed E-state index contributed by atoms with van der Waals surface area (Å²) in [4.78, 5) is 14.2. The second kappa shape index (κ2) is 5.93. The number of carboxylic acids is 1. The lowest BCUT2D eigenvalue weighted by molar-refractivity contribution is -0.137. The van der Waals surface area contributed by atoms with Crippen LogP contribution < -0.4 is 5.32 Å². The summed E-state index contributed by atoms with van der Waals surface area (Å²) in [6, 6.07) is 3.43. The molecule has 0 aliphatic carbocycles. The predicted octanol–water partition coefficient (Wildman–Crippen LogP) is 1.88. The van der Waals surface area contributed by atoms with Crippen LogP contribution in [0.4, 0.5) is 5.82 Å². The Morgan fingerprint density at radius 1 is 1.69 bits per heavy atom. The molecule has 0 amide bonds. The van der Waals surface area contributed by atoms with E-state index in [1.165, 1.54) is 12.3 Å². The lowest BCUT2D eigenvalue weighted by Crippen LogP contribution is -2.06. The Morgan fingerprint density at radius 2 is 2.44 bits per heavy atom. The standard InChI is InChI=1S/C10H10ClN3O2/c11-8-4-7(5-12)6-14-10(8)13-3-1-2-9(15)16/h4,6H,1-3H2,(H,13,14)(H,15,16). The summed E-state index contributed by atoms with van der Waals surface area (Å²) in [5.41, 5.74) is 0.390. The molecule has 2 N–H and O–H groups in total. The Morgan fingerprint density at radius 3 is 3.00 bits per heavy atom. The van der Waals surface area contributed by atoms with Gasteiger partial charge in [-0.05, 0) is 12.5 Å². The van der Waals surface area contributed by atoms with Gasteiger partial charge in [-0.25, -0.2) is 4.98 Å². The van der Waals surface area contributed by atoms with Gasteiger partial charge in [0, 0.05) is 19.2 Å². The third-order valence-electron chi connectivity index (χ3n) is 1.83. The monoisotopic (exact) mass is 239 g/mol. The summed E-state index contributed by atoms with van der Waals surface area (Å²) in [6.07, 6.45) is 2.00. The minimum absolute atomic E-state index is 0.0981. The summed E-state index contributed by atoms with van der Waals surface area (Å²) in [5, 5.41) is 20.3. The number of pyridine rings is 1. The molecule has 1 aromatic heterocycles. The van der Waals surface area contributed by atoms with Crippen LogP contribution in [0.15, 0.2) is 12.3 Å². The molecule has 1 rings (SSSR count). The van der Waals surface area contributed by atoms with Crippen molar-refractivity contribution in [1.29, 1.82) is 5.26 Å². The third-order valence-corrected chi connectivity index (χ3v) is 2.12. The number of nitrogens with one attached hydrogen (secondary N) is 1. The van der Waals surface area contributed by atoms with Gasteiger partial charge in [-0.2, -0.15) is 5.26 Å². The van der Waals surface area contributed by atoms with Gasteiger partial charge in [0.15, 0.2) is 0 Å². The van der Waals surface area contributed by atoms with Gasteiger partial charge in [-0.15, -0.1) is 0 Å². The fourth-order valence-corrected chi connectivity index (χ4v) is 1.31. The van der Waals surface area contributed by atoms with Gasteiger partial charge < -0.3 is 10.4 Å². The molecule has 0 aliphatic heterocycles. The van der Waals surface area contributed by atoms with Crippen LogP contribution in [-0.2, 0) is 4.79 Å². The SMILES string of the molecule is N#Cc1cnc(NCCCC(=O)O)c(Cl)c1. The molecule has 0 saturated carbocycles. The Hall–Kier alpha value is -1.80. The number of halogens is 1. The third kappa shape index (κ3) is 3.75. The van der Waals surface area contributed by atoms with Crippen molar-refractivity contribution in [3.05, 3.63) is 22.8 Å². The van der Waals surface area contributed by atoms with Gasteiger partial charge in [0.2, 0.25) is 0 Å². The molecular weight excluding hydrogens is 230 g/mol. The molecule has 84 valence electrons. The van der Waals surface area contributed by atoms with E-state index in [4.69, 9.17) is 22.0 Å². The normalized spacial score (nSPS) is 9.50. The van der Waals surface area contributed by atoms with Crippen LogP contribution in [-0.4, -0.2) is 22.6 Å². The van der Waals surface area contributed by atoms with Gasteiger partial charge in [0.1, 0.15) is 11.9 Å². The second-order valence-electron chi connectivity index (χ2n) is 3.09. The molecule has 1 heterocycles. The number of anilines is 1. The number of nitriles is 1. The quantitative estimate of drug-likeness (QED) is 0.767. The molecule has 5 nitrogen and oxygen atoms in total. The number of hydrogen-bond acceptors (Lipinski definition) is 4. The van der Waals surface area contributed by atoms with Gasteiger partial charge in [0.05, 0.1) is 10.6 Å². The largest absolute Gasteiger partial charge is 0.481 e. The molecule has 16 heavy (non-hydrogen) atoms. The Kier molecular flexibility index (Phi) is 4.55. The summed E-state index contributed by atoms with van der Waals surface area (Å²) in [7, 11) is 0. The summed E-state index contributed by atoms with van der Waals surface area (Å²) in [6.45, 7) is 0.477. The van der Waals surface area contributed by atoms with E-state index in [0.717, 1.165) is 0 Å². The average molecular weight is 240 g/mol. The molecule has 0 radical (unpaired) electrons. The van der Waals surface area contributed by atoms with Crippen molar-refractivity contribution in [3.63, 3.8) is 0 Å². The molecule has 0 fully saturated rings. The van der Waals surface area contributed by atoms with E-state index in [2.05, 4.69) is 10.3 Å². The lowest BCUT2D eigenvalue weighted by Gasteiger charge is -2.06. The number of carbonyl (C=O) groups is 1.